The van der Waals surface area contributed by atoms with E-state index >= 15 is 0 Å². The number of carbonyl (C=O) groups excluding carboxylic acids is 1. The van der Waals surface area contributed by atoms with Crippen molar-refractivity contribution < 1.29 is 19.4 Å². The van der Waals surface area contributed by atoms with Gasteiger partial charge in [-0.05, 0) is 59.0 Å². The van der Waals surface area contributed by atoms with Crippen molar-refractivity contribution in [1.29, 1.82) is 0 Å². The van der Waals surface area contributed by atoms with Crippen LogP contribution in [0.1, 0.15) is 42.0 Å². The van der Waals surface area contributed by atoms with Gasteiger partial charge < -0.3 is 14.6 Å². The Labute approximate surface area is 203 Å². The smallest absolute Gasteiger partial charge is 0.342 e. The molecule has 3 aromatic carbocycles. The molecule has 1 aliphatic heterocycles. The van der Waals surface area contributed by atoms with E-state index in [1.807, 2.05) is 12.1 Å². The molecule has 1 aliphatic rings. The number of methoxy groups -OCH3 is 1. The van der Waals surface area contributed by atoms with Crippen molar-refractivity contribution in [3.63, 3.8) is 0 Å². The Bertz CT molecular complexity index is 1210. The molecular weight excluding hydrogens is 459 g/mol. The third-order valence-corrected chi connectivity index (χ3v) is 6.61. The number of hydrogen-bond acceptors (Lipinski definition) is 4. The van der Waals surface area contributed by atoms with Crippen molar-refractivity contribution in [3.8, 4) is 5.75 Å². The number of cyclic esters (lactones) is 1. The van der Waals surface area contributed by atoms with Crippen molar-refractivity contribution in [1.82, 2.24) is 0 Å². The van der Waals surface area contributed by atoms with Crippen LogP contribution in [-0.4, -0.2) is 18.2 Å². The van der Waals surface area contributed by atoms with Crippen LogP contribution in [0.5, 0.6) is 5.75 Å². The fourth-order valence-corrected chi connectivity index (χ4v) is 4.26. The molecule has 3 aromatic rings. The molecule has 170 valence electrons. The predicted octanol–water partition coefficient (Wildman–Crippen LogP) is 6.52. The first kappa shape index (κ1) is 23.4. The third kappa shape index (κ3) is 4.51. The van der Waals surface area contributed by atoms with E-state index in [1.165, 1.54) is 5.56 Å². The molecule has 0 spiro atoms. The molecule has 0 amide bonds. The van der Waals surface area contributed by atoms with Crippen LogP contribution in [-0.2, 0) is 21.7 Å². The number of esters is 1. The van der Waals surface area contributed by atoms with E-state index < -0.39 is 11.8 Å². The van der Waals surface area contributed by atoms with Crippen LogP contribution in [0, 0.1) is 0 Å². The molecule has 0 aromatic heterocycles. The fourth-order valence-electron chi connectivity index (χ4n) is 3.97. The molecule has 0 fully saturated rings. The molecule has 1 atom stereocenters. The Morgan fingerprint density at radius 3 is 2.21 bits per heavy atom. The van der Waals surface area contributed by atoms with E-state index in [-0.39, 0.29) is 5.57 Å². The molecular formula is C27H24Cl2O4. The maximum atomic E-state index is 13.1. The first-order valence-corrected chi connectivity index (χ1v) is 11.4. The van der Waals surface area contributed by atoms with E-state index in [2.05, 4.69) is 26.0 Å². The average Bonchev–Trinajstić information content (AvgIpc) is 3.06. The second-order valence-corrected chi connectivity index (χ2v) is 9.13. The lowest BCUT2D eigenvalue weighted by Gasteiger charge is -2.26. The Balaban J connectivity index is 1.86. The molecule has 0 radical (unpaired) electrons. The lowest BCUT2D eigenvalue weighted by molar-refractivity contribution is -0.185. The summed E-state index contributed by atoms with van der Waals surface area (Å²) in [7, 11) is 1.56. The quantitative estimate of drug-likeness (QED) is 0.406. The zero-order chi connectivity index (χ0) is 23.8. The van der Waals surface area contributed by atoms with Gasteiger partial charge >= 0.3 is 5.97 Å². The fraction of sp³-hybridized carbons (Fsp3) is 0.222. The maximum Gasteiger partial charge on any atom is 0.342 e. The summed E-state index contributed by atoms with van der Waals surface area (Å²) in [5.74, 6) is -1.52. The summed E-state index contributed by atoms with van der Waals surface area (Å²) < 4.78 is 10.8. The maximum absolute atomic E-state index is 13.1. The molecule has 1 N–H and O–H groups in total. The summed E-state index contributed by atoms with van der Waals surface area (Å²) in [6.07, 6.45) is 0.308. The van der Waals surface area contributed by atoms with E-state index in [9.17, 15) is 9.90 Å². The number of halogens is 2. The van der Waals surface area contributed by atoms with Gasteiger partial charge in [0.1, 0.15) is 5.75 Å². The van der Waals surface area contributed by atoms with Gasteiger partial charge in [0.15, 0.2) is 0 Å². The van der Waals surface area contributed by atoms with Gasteiger partial charge in [-0.2, -0.15) is 0 Å². The number of benzene rings is 3. The van der Waals surface area contributed by atoms with Crippen molar-refractivity contribution in [3.05, 3.63) is 105 Å². The molecule has 4 rings (SSSR count). The summed E-state index contributed by atoms with van der Waals surface area (Å²) in [6.45, 7) is 4.26. The monoisotopic (exact) mass is 482 g/mol. The van der Waals surface area contributed by atoms with Crippen LogP contribution < -0.4 is 4.74 Å². The van der Waals surface area contributed by atoms with E-state index in [4.69, 9.17) is 32.7 Å². The highest BCUT2D eigenvalue weighted by atomic mass is 35.5. The summed E-state index contributed by atoms with van der Waals surface area (Å²) in [6, 6.07) is 19.9. The SMILES string of the molecule is COc1ccc(C2(O)OC(=O)C(c3ccc(Cl)c(Cl)c3)=C2Cc2ccc(C(C)C)cc2)cc1. The number of rotatable bonds is 6. The molecule has 33 heavy (non-hydrogen) atoms. The van der Waals surface area contributed by atoms with Crippen molar-refractivity contribution in [2.75, 3.05) is 7.11 Å². The first-order chi connectivity index (χ1) is 15.7. The normalized spacial score (nSPS) is 18.1. The second kappa shape index (κ2) is 9.22. The van der Waals surface area contributed by atoms with Crippen LogP contribution in [0.2, 0.25) is 10.0 Å². The average molecular weight is 483 g/mol. The molecule has 0 aliphatic carbocycles. The van der Waals surface area contributed by atoms with Crippen LogP contribution in [0.4, 0.5) is 0 Å². The largest absolute Gasteiger partial charge is 0.497 e. The van der Waals surface area contributed by atoms with Gasteiger partial charge in [0.2, 0.25) is 0 Å². The number of carbonyl (C=O) groups is 1. The van der Waals surface area contributed by atoms with Gasteiger partial charge in [0, 0.05) is 17.6 Å². The van der Waals surface area contributed by atoms with Gasteiger partial charge in [-0.3, -0.25) is 0 Å². The summed E-state index contributed by atoms with van der Waals surface area (Å²) in [5, 5.41) is 12.4. The van der Waals surface area contributed by atoms with Crippen molar-refractivity contribution >= 4 is 34.7 Å². The standard InChI is InChI=1S/C27H24Cl2O4/c1-16(2)18-6-4-17(5-7-18)14-22-25(19-8-13-23(28)24(29)15-19)26(30)33-27(22,31)20-9-11-21(32-3)12-10-20/h4-13,15-16,31H,14H2,1-3H3. The highest BCUT2D eigenvalue weighted by Crippen LogP contribution is 2.45. The van der Waals surface area contributed by atoms with Crippen LogP contribution >= 0.6 is 23.2 Å². The van der Waals surface area contributed by atoms with Gasteiger partial charge in [-0.25, -0.2) is 4.79 Å². The Morgan fingerprint density at radius 1 is 0.970 bits per heavy atom. The predicted molar refractivity (Wildman–Crippen MR) is 131 cm³/mol. The molecule has 1 heterocycles. The Hall–Kier alpha value is -2.79. The highest BCUT2D eigenvalue weighted by Gasteiger charge is 2.48. The molecule has 0 saturated carbocycles. The minimum atomic E-state index is -1.93. The van der Waals surface area contributed by atoms with Gasteiger partial charge in [0.25, 0.3) is 5.79 Å². The van der Waals surface area contributed by atoms with Gasteiger partial charge in [-0.1, -0.05) is 67.4 Å². The minimum absolute atomic E-state index is 0.278. The lowest BCUT2D eigenvalue weighted by Crippen LogP contribution is -2.29. The molecule has 4 nitrogen and oxygen atoms in total. The van der Waals surface area contributed by atoms with E-state index in [0.717, 1.165) is 5.56 Å². The topological polar surface area (TPSA) is 55.8 Å². The summed E-state index contributed by atoms with van der Waals surface area (Å²) in [4.78, 5) is 13.1. The summed E-state index contributed by atoms with van der Waals surface area (Å²) in [5.41, 5.74) is 3.83. The lowest BCUT2D eigenvalue weighted by atomic mass is 9.87. The van der Waals surface area contributed by atoms with Crippen LogP contribution in [0.25, 0.3) is 5.57 Å². The van der Waals surface area contributed by atoms with Crippen LogP contribution in [0.15, 0.2) is 72.3 Å². The van der Waals surface area contributed by atoms with E-state index in [0.29, 0.717) is 44.8 Å². The molecule has 1 unspecified atom stereocenters. The zero-order valence-corrected chi connectivity index (χ0v) is 20.1. The van der Waals surface area contributed by atoms with Crippen molar-refractivity contribution in [2.45, 2.75) is 32.0 Å². The second-order valence-electron chi connectivity index (χ2n) is 8.32. The minimum Gasteiger partial charge on any atom is -0.497 e. The number of ether oxygens (including phenoxy) is 2. The van der Waals surface area contributed by atoms with Crippen molar-refractivity contribution in [2.24, 2.45) is 0 Å². The Kier molecular flexibility index (Phi) is 6.53. The zero-order valence-electron chi connectivity index (χ0n) is 18.6. The molecule has 0 bridgehead atoms. The first-order valence-electron chi connectivity index (χ1n) is 10.6. The number of aliphatic hydroxyl groups is 1. The van der Waals surface area contributed by atoms with Gasteiger partial charge in [0.05, 0.1) is 22.7 Å². The number of hydrogen-bond donors (Lipinski definition) is 1. The molecule has 0 saturated heterocycles. The molecule has 6 heteroatoms. The van der Waals surface area contributed by atoms with Crippen LogP contribution in [0.3, 0.4) is 0 Å². The van der Waals surface area contributed by atoms with Gasteiger partial charge in [-0.15, -0.1) is 0 Å². The van der Waals surface area contributed by atoms with E-state index in [1.54, 1.807) is 49.6 Å². The third-order valence-electron chi connectivity index (χ3n) is 5.87. The summed E-state index contributed by atoms with van der Waals surface area (Å²) >= 11 is 12.3. The highest BCUT2D eigenvalue weighted by molar-refractivity contribution is 6.42. The Morgan fingerprint density at radius 2 is 1.64 bits per heavy atom.